The predicted octanol–water partition coefficient (Wildman–Crippen LogP) is 0.600. The number of hydrogen-bond donors (Lipinski definition) is 0. The van der Waals surface area contributed by atoms with Crippen LogP contribution in [0.3, 0.4) is 0 Å². The van der Waals surface area contributed by atoms with Crippen molar-refractivity contribution in [2.24, 2.45) is 5.92 Å². The summed E-state index contributed by atoms with van der Waals surface area (Å²) in [5, 5.41) is 0. The molecule has 0 bridgehead atoms. The second-order valence-corrected chi connectivity index (χ2v) is 7.19. The minimum Gasteiger partial charge on any atom is -0.466 e. The quantitative estimate of drug-likeness (QED) is 0.695. The van der Waals surface area contributed by atoms with E-state index in [2.05, 4.69) is 0 Å². The molecular formula is C12H22N2O4S. The van der Waals surface area contributed by atoms with E-state index in [1.54, 1.807) is 14.0 Å². The van der Waals surface area contributed by atoms with Gasteiger partial charge in [-0.1, -0.05) is 0 Å². The van der Waals surface area contributed by atoms with E-state index in [0.29, 0.717) is 26.0 Å². The summed E-state index contributed by atoms with van der Waals surface area (Å²) in [5.41, 5.74) is 0. The number of nitrogens with zero attached hydrogens (tertiary/aromatic N) is 2. The Balaban J connectivity index is 2.02. The number of esters is 1. The molecule has 6 nitrogen and oxygen atoms in total. The maximum absolute atomic E-state index is 12.4. The second kappa shape index (κ2) is 5.76. The molecule has 0 N–H and O–H groups in total. The van der Waals surface area contributed by atoms with Gasteiger partial charge in [0.25, 0.3) is 10.2 Å². The van der Waals surface area contributed by atoms with Crippen molar-refractivity contribution in [3.63, 3.8) is 0 Å². The van der Waals surface area contributed by atoms with Crippen LogP contribution >= 0.6 is 0 Å². The molecule has 0 unspecified atom stereocenters. The average molecular weight is 290 g/mol. The van der Waals surface area contributed by atoms with E-state index < -0.39 is 10.2 Å². The van der Waals surface area contributed by atoms with Crippen LogP contribution in [-0.2, 0) is 19.7 Å². The summed E-state index contributed by atoms with van der Waals surface area (Å²) in [6.07, 6.45) is 3.29. The molecule has 0 aromatic carbocycles. The zero-order chi connectivity index (χ0) is 14.0. The first-order chi connectivity index (χ1) is 8.96. The lowest BCUT2D eigenvalue weighted by molar-refractivity contribution is -0.149. The highest BCUT2D eigenvalue weighted by Crippen LogP contribution is 2.30. The lowest BCUT2D eigenvalue weighted by Gasteiger charge is -2.33. The van der Waals surface area contributed by atoms with Crippen LogP contribution in [0.4, 0.5) is 0 Å². The minimum atomic E-state index is -3.42. The molecule has 2 fully saturated rings. The molecule has 0 amide bonds. The zero-order valence-corrected chi connectivity index (χ0v) is 12.4. The van der Waals surface area contributed by atoms with Gasteiger partial charge in [-0.3, -0.25) is 4.79 Å². The molecule has 0 spiro atoms. The highest BCUT2D eigenvalue weighted by Gasteiger charge is 2.40. The van der Waals surface area contributed by atoms with Crippen LogP contribution < -0.4 is 0 Å². The van der Waals surface area contributed by atoms with Crippen LogP contribution in [0.15, 0.2) is 0 Å². The summed E-state index contributed by atoms with van der Waals surface area (Å²) in [6, 6.07) is 0.146. The van der Waals surface area contributed by atoms with Gasteiger partial charge in [-0.2, -0.15) is 17.0 Å². The van der Waals surface area contributed by atoms with Gasteiger partial charge < -0.3 is 4.74 Å². The topological polar surface area (TPSA) is 66.9 Å². The Morgan fingerprint density at radius 1 is 1.37 bits per heavy atom. The SMILES string of the molecule is CCOC(=O)[C@H]1CCCN(S(=O)(=O)N(C)C2CC2)C1. The molecular weight excluding hydrogens is 268 g/mol. The normalized spacial score (nSPS) is 25.5. The van der Waals surface area contributed by atoms with E-state index in [1.165, 1.54) is 8.61 Å². The van der Waals surface area contributed by atoms with Crippen molar-refractivity contribution < 1.29 is 17.9 Å². The average Bonchev–Trinajstić information content (AvgIpc) is 3.22. The van der Waals surface area contributed by atoms with Gasteiger partial charge in [0.2, 0.25) is 0 Å². The summed E-state index contributed by atoms with van der Waals surface area (Å²) >= 11 is 0. The van der Waals surface area contributed by atoms with Crippen molar-refractivity contribution in [1.29, 1.82) is 0 Å². The van der Waals surface area contributed by atoms with E-state index in [1.807, 2.05) is 0 Å². The molecule has 2 rings (SSSR count). The van der Waals surface area contributed by atoms with Crippen LogP contribution in [0.5, 0.6) is 0 Å². The highest BCUT2D eigenvalue weighted by atomic mass is 32.2. The first-order valence-electron chi connectivity index (χ1n) is 6.86. The van der Waals surface area contributed by atoms with Gasteiger partial charge in [0, 0.05) is 26.2 Å². The molecule has 1 atom stereocenters. The van der Waals surface area contributed by atoms with Gasteiger partial charge in [0.05, 0.1) is 12.5 Å². The number of carbonyl (C=O) groups is 1. The number of ether oxygens (including phenoxy) is 1. The van der Waals surface area contributed by atoms with Gasteiger partial charge in [-0.15, -0.1) is 0 Å². The Morgan fingerprint density at radius 3 is 2.63 bits per heavy atom. The number of rotatable bonds is 5. The largest absolute Gasteiger partial charge is 0.466 e. The molecule has 110 valence electrons. The molecule has 1 saturated carbocycles. The van der Waals surface area contributed by atoms with Gasteiger partial charge >= 0.3 is 5.97 Å². The van der Waals surface area contributed by atoms with Crippen molar-refractivity contribution in [3.8, 4) is 0 Å². The molecule has 0 aromatic rings. The van der Waals surface area contributed by atoms with Gasteiger partial charge in [-0.25, -0.2) is 0 Å². The van der Waals surface area contributed by atoms with Crippen LogP contribution in [0.25, 0.3) is 0 Å². The summed E-state index contributed by atoms with van der Waals surface area (Å²) in [5.74, 6) is -0.604. The zero-order valence-electron chi connectivity index (χ0n) is 11.5. The summed E-state index contributed by atoms with van der Waals surface area (Å²) in [7, 11) is -1.80. The molecule has 7 heteroatoms. The van der Waals surface area contributed by atoms with Gasteiger partial charge in [0.15, 0.2) is 0 Å². The van der Waals surface area contributed by atoms with Crippen molar-refractivity contribution >= 4 is 16.2 Å². The van der Waals surface area contributed by atoms with Crippen molar-refractivity contribution in [3.05, 3.63) is 0 Å². The molecule has 1 aliphatic carbocycles. The van der Waals surface area contributed by atoms with Crippen LogP contribution in [0, 0.1) is 5.92 Å². The van der Waals surface area contributed by atoms with E-state index >= 15 is 0 Å². The molecule has 2 aliphatic rings. The fourth-order valence-electron chi connectivity index (χ4n) is 2.41. The molecule has 0 radical (unpaired) electrons. The molecule has 1 heterocycles. The standard InChI is InChI=1S/C12H22N2O4S/c1-3-18-12(15)10-5-4-8-14(9-10)19(16,17)13(2)11-6-7-11/h10-11H,3-9H2,1-2H3/t10-/m0/s1. The molecule has 1 saturated heterocycles. The maximum atomic E-state index is 12.4. The molecule has 0 aromatic heterocycles. The van der Waals surface area contributed by atoms with Crippen LogP contribution in [-0.4, -0.2) is 55.8 Å². The van der Waals surface area contributed by atoms with Crippen LogP contribution in [0.1, 0.15) is 32.6 Å². The Labute approximate surface area is 114 Å². The fourth-order valence-corrected chi connectivity index (χ4v) is 4.09. The fraction of sp³-hybridized carbons (Fsp3) is 0.917. The Hall–Kier alpha value is -0.660. The van der Waals surface area contributed by atoms with E-state index in [-0.39, 0.29) is 24.5 Å². The Kier molecular flexibility index (Phi) is 4.47. The smallest absolute Gasteiger partial charge is 0.310 e. The van der Waals surface area contributed by atoms with Crippen molar-refractivity contribution in [2.45, 2.75) is 38.6 Å². The maximum Gasteiger partial charge on any atom is 0.310 e. The lowest BCUT2D eigenvalue weighted by Crippen LogP contribution is -2.48. The Morgan fingerprint density at radius 2 is 2.05 bits per heavy atom. The monoisotopic (exact) mass is 290 g/mol. The number of piperidine rings is 1. The van der Waals surface area contributed by atoms with Crippen molar-refractivity contribution in [2.75, 3.05) is 26.7 Å². The number of carbonyl (C=O) groups excluding carboxylic acids is 1. The highest BCUT2D eigenvalue weighted by molar-refractivity contribution is 7.86. The summed E-state index contributed by atoms with van der Waals surface area (Å²) < 4.78 is 32.6. The molecule has 1 aliphatic heterocycles. The van der Waals surface area contributed by atoms with E-state index in [4.69, 9.17) is 4.74 Å². The van der Waals surface area contributed by atoms with Crippen molar-refractivity contribution in [1.82, 2.24) is 8.61 Å². The summed E-state index contributed by atoms with van der Waals surface area (Å²) in [4.78, 5) is 11.7. The van der Waals surface area contributed by atoms with E-state index in [0.717, 1.165) is 12.8 Å². The van der Waals surface area contributed by atoms with Gasteiger partial charge in [-0.05, 0) is 32.6 Å². The van der Waals surface area contributed by atoms with Gasteiger partial charge in [0.1, 0.15) is 0 Å². The third-order valence-electron chi connectivity index (χ3n) is 3.76. The first kappa shape index (κ1) is 14.7. The molecule has 19 heavy (non-hydrogen) atoms. The van der Waals surface area contributed by atoms with E-state index in [9.17, 15) is 13.2 Å². The first-order valence-corrected chi connectivity index (χ1v) is 8.26. The Bertz CT molecular complexity index is 433. The lowest BCUT2D eigenvalue weighted by atomic mass is 10.0. The summed E-state index contributed by atoms with van der Waals surface area (Å²) in [6.45, 7) is 2.84. The predicted molar refractivity (Wildman–Crippen MR) is 70.6 cm³/mol. The third-order valence-corrected chi connectivity index (χ3v) is 5.77. The second-order valence-electron chi connectivity index (χ2n) is 5.20. The number of hydrogen-bond acceptors (Lipinski definition) is 4. The van der Waals surface area contributed by atoms with Crippen LogP contribution in [0.2, 0.25) is 0 Å². The minimum absolute atomic E-state index is 0.146. The third kappa shape index (κ3) is 3.27.